The minimum atomic E-state index is -0.124. The van der Waals surface area contributed by atoms with Gasteiger partial charge in [-0.2, -0.15) is 0 Å². The van der Waals surface area contributed by atoms with E-state index in [1.807, 2.05) is 0 Å². The minimum absolute atomic E-state index is 0.115. The van der Waals surface area contributed by atoms with Crippen molar-refractivity contribution in [3.05, 3.63) is 0 Å². The first-order chi connectivity index (χ1) is 5.61. The van der Waals surface area contributed by atoms with Crippen molar-refractivity contribution in [1.82, 2.24) is 10.6 Å². The first kappa shape index (κ1) is 9.35. The molecule has 1 fully saturated rings. The molecule has 1 heterocycles. The molecule has 0 saturated carbocycles. The number of rotatable bonds is 2. The smallest absolute Gasteiger partial charge is 0.147 e. The zero-order valence-electron chi connectivity index (χ0n) is 7.39. The molecule has 4 nitrogen and oxygen atoms in total. The van der Waals surface area contributed by atoms with Gasteiger partial charge in [0.25, 0.3) is 0 Å². The summed E-state index contributed by atoms with van der Waals surface area (Å²) in [5.41, 5.74) is 0. The van der Waals surface area contributed by atoms with Crippen molar-refractivity contribution in [2.75, 3.05) is 13.1 Å². The second kappa shape index (κ2) is 3.78. The number of hydrogen-bond acceptors (Lipinski definition) is 4. The Morgan fingerprint density at radius 3 is 1.50 bits per heavy atom. The van der Waals surface area contributed by atoms with Gasteiger partial charge in [-0.1, -0.05) is 0 Å². The minimum Gasteiger partial charge on any atom is -0.304 e. The third kappa shape index (κ3) is 2.12. The summed E-state index contributed by atoms with van der Waals surface area (Å²) in [6.07, 6.45) is 0. The van der Waals surface area contributed by atoms with Crippen LogP contribution in [0.5, 0.6) is 0 Å². The molecule has 1 aliphatic rings. The normalized spacial score (nSPS) is 29.8. The molecule has 1 aliphatic heterocycles. The Hall–Kier alpha value is -0.740. The van der Waals surface area contributed by atoms with Crippen LogP contribution < -0.4 is 10.6 Å². The van der Waals surface area contributed by atoms with Crippen LogP contribution in [0.3, 0.4) is 0 Å². The summed E-state index contributed by atoms with van der Waals surface area (Å²) in [5.74, 6) is 0.231. The number of hydrogen-bond donors (Lipinski definition) is 2. The maximum absolute atomic E-state index is 10.9. The Kier molecular flexibility index (Phi) is 2.94. The molecule has 0 aliphatic carbocycles. The number of carbonyl (C=O) groups excluding carboxylic acids is 2. The highest BCUT2D eigenvalue weighted by Crippen LogP contribution is 1.95. The van der Waals surface area contributed by atoms with Gasteiger partial charge in [-0.05, 0) is 13.8 Å². The van der Waals surface area contributed by atoms with E-state index in [-0.39, 0.29) is 23.7 Å². The lowest BCUT2D eigenvalue weighted by atomic mass is 10.1. The van der Waals surface area contributed by atoms with Crippen molar-refractivity contribution in [2.24, 2.45) is 0 Å². The quantitative estimate of drug-likeness (QED) is 0.563. The molecule has 0 aromatic heterocycles. The largest absolute Gasteiger partial charge is 0.304 e. The highest BCUT2D eigenvalue weighted by Gasteiger charge is 2.24. The Balaban J connectivity index is 2.39. The van der Waals surface area contributed by atoms with Crippen molar-refractivity contribution in [3.63, 3.8) is 0 Å². The van der Waals surface area contributed by atoms with E-state index in [1.165, 1.54) is 0 Å². The van der Waals surface area contributed by atoms with E-state index >= 15 is 0 Å². The zero-order chi connectivity index (χ0) is 9.14. The van der Waals surface area contributed by atoms with Gasteiger partial charge >= 0.3 is 0 Å². The molecule has 68 valence electrons. The van der Waals surface area contributed by atoms with Gasteiger partial charge in [0.2, 0.25) is 0 Å². The first-order valence-corrected chi connectivity index (χ1v) is 4.09. The Bertz CT molecular complexity index is 173. The second-order valence-corrected chi connectivity index (χ2v) is 3.14. The van der Waals surface area contributed by atoms with Crippen molar-refractivity contribution >= 4 is 11.6 Å². The Morgan fingerprint density at radius 2 is 1.33 bits per heavy atom. The van der Waals surface area contributed by atoms with Gasteiger partial charge in [0.1, 0.15) is 11.6 Å². The molecule has 1 saturated heterocycles. The van der Waals surface area contributed by atoms with E-state index in [1.54, 1.807) is 13.8 Å². The fourth-order valence-electron chi connectivity index (χ4n) is 1.24. The molecule has 2 N–H and O–H groups in total. The van der Waals surface area contributed by atoms with E-state index in [0.29, 0.717) is 13.1 Å². The van der Waals surface area contributed by atoms with Gasteiger partial charge in [-0.25, -0.2) is 0 Å². The number of carbonyl (C=O) groups is 2. The van der Waals surface area contributed by atoms with Crippen molar-refractivity contribution in [2.45, 2.75) is 25.9 Å². The van der Waals surface area contributed by atoms with Crippen LogP contribution in [0.1, 0.15) is 13.8 Å². The monoisotopic (exact) mass is 170 g/mol. The van der Waals surface area contributed by atoms with Gasteiger partial charge in [-0.15, -0.1) is 0 Å². The molecular formula is C8H14N2O2. The lowest BCUT2D eigenvalue weighted by Gasteiger charge is -2.28. The van der Waals surface area contributed by atoms with Gasteiger partial charge in [0.05, 0.1) is 12.1 Å². The zero-order valence-corrected chi connectivity index (χ0v) is 7.39. The van der Waals surface area contributed by atoms with Crippen molar-refractivity contribution in [1.29, 1.82) is 0 Å². The second-order valence-electron chi connectivity index (χ2n) is 3.14. The predicted molar refractivity (Wildman–Crippen MR) is 44.9 cm³/mol. The Labute approximate surface area is 71.7 Å². The fraction of sp³-hybridized carbons (Fsp3) is 0.750. The highest BCUT2D eigenvalue weighted by molar-refractivity contribution is 5.84. The van der Waals surface area contributed by atoms with Crippen LogP contribution in [0.15, 0.2) is 0 Å². The van der Waals surface area contributed by atoms with E-state index < -0.39 is 0 Å². The summed E-state index contributed by atoms with van der Waals surface area (Å²) in [7, 11) is 0. The standard InChI is InChI=1S/C8H14N2O2/c1-5(11)7-3-10-8(4-9-7)6(2)12/h7-10H,3-4H2,1-2H3. The van der Waals surface area contributed by atoms with Crippen LogP contribution in [0.4, 0.5) is 0 Å². The van der Waals surface area contributed by atoms with E-state index in [4.69, 9.17) is 0 Å². The van der Waals surface area contributed by atoms with E-state index in [0.717, 1.165) is 0 Å². The number of Topliss-reactive ketones (excluding diaryl/α,β-unsaturated/α-hetero) is 2. The summed E-state index contributed by atoms with van der Waals surface area (Å²) in [6, 6.07) is -0.249. The van der Waals surface area contributed by atoms with Crippen LogP contribution in [0.25, 0.3) is 0 Å². The molecule has 0 aromatic rings. The first-order valence-electron chi connectivity index (χ1n) is 4.09. The van der Waals surface area contributed by atoms with Crippen LogP contribution in [0.2, 0.25) is 0 Å². The van der Waals surface area contributed by atoms with Crippen LogP contribution in [-0.2, 0) is 9.59 Å². The summed E-state index contributed by atoms with van der Waals surface area (Å²) in [5, 5.41) is 6.03. The third-order valence-corrected chi connectivity index (χ3v) is 2.12. The molecule has 4 heteroatoms. The maximum Gasteiger partial charge on any atom is 0.147 e. The average Bonchev–Trinajstić information content (AvgIpc) is 2.04. The van der Waals surface area contributed by atoms with Gasteiger partial charge < -0.3 is 10.6 Å². The van der Waals surface area contributed by atoms with Crippen LogP contribution in [-0.4, -0.2) is 36.7 Å². The number of piperazine rings is 1. The summed E-state index contributed by atoms with van der Waals surface area (Å²) >= 11 is 0. The highest BCUT2D eigenvalue weighted by atomic mass is 16.1. The van der Waals surface area contributed by atoms with Crippen LogP contribution in [0, 0.1) is 0 Å². The van der Waals surface area contributed by atoms with E-state index in [2.05, 4.69) is 10.6 Å². The summed E-state index contributed by atoms with van der Waals surface area (Å²) in [4.78, 5) is 21.8. The molecular weight excluding hydrogens is 156 g/mol. The molecule has 12 heavy (non-hydrogen) atoms. The SMILES string of the molecule is CC(=O)C1CNC(C(C)=O)CN1. The molecule has 0 radical (unpaired) electrons. The molecule has 0 spiro atoms. The molecule has 1 rings (SSSR count). The molecule has 2 atom stereocenters. The lowest BCUT2D eigenvalue weighted by Crippen LogP contribution is -2.58. The van der Waals surface area contributed by atoms with Gasteiger partial charge in [0, 0.05) is 13.1 Å². The average molecular weight is 170 g/mol. The van der Waals surface area contributed by atoms with Crippen molar-refractivity contribution < 1.29 is 9.59 Å². The van der Waals surface area contributed by atoms with Crippen molar-refractivity contribution in [3.8, 4) is 0 Å². The Morgan fingerprint density at radius 1 is 1.00 bits per heavy atom. The summed E-state index contributed by atoms with van der Waals surface area (Å²) < 4.78 is 0. The fourth-order valence-corrected chi connectivity index (χ4v) is 1.24. The van der Waals surface area contributed by atoms with Gasteiger partial charge in [0.15, 0.2) is 0 Å². The van der Waals surface area contributed by atoms with E-state index in [9.17, 15) is 9.59 Å². The number of ketones is 2. The molecule has 0 amide bonds. The number of nitrogens with one attached hydrogen (secondary N) is 2. The van der Waals surface area contributed by atoms with Gasteiger partial charge in [-0.3, -0.25) is 9.59 Å². The predicted octanol–water partition coefficient (Wildman–Crippen LogP) is -0.906. The summed E-state index contributed by atoms with van der Waals surface area (Å²) in [6.45, 7) is 4.21. The molecule has 0 aromatic carbocycles. The third-order valence-electron chi connectivity index (χ3n) is 2.12. The lowest BCUT2D eigenvalue weighted by molar-refractivity contribution is -0.122. The topological polar surface area (TPSA) is 58.2 Å². The maximum atomic E-state index is 10.9. The van der Waals surface area contributed by atoms with Crippen LogP contribution >= 0.6 is 0 Å². The molecule has 0 bridgehead atoms. The molecule has 2 unspecified atom stereocenters.